The molecule has 1 unspecified atom stereocenters. The Morgan fingerprint density at radius 1 is 0.909 bits per heavy atom. The molecule has 0 fully saturated rings. The van der Waals surface area contributed by atoms with E-state index in [2.05, 4.69) is 0 Å². The summed E-state index contributed by atoms with van der Waals surface area (Å²) < 4.78 is 22.3. The number of Topliss-reactive ketones (excluding diaryl/α,β-unsaturated/α-hetero) is 1. The molecule has 0 aliphatic rings. The molecule has 3 rings (SSSR count). The average Bonchev–Trinajstić information content (AvgIpc) is 2.67. The molecule has 1 atom stereocenters. The van der Waals surface area contributed by atoms with E-state index in [9.17, 15) is 24.5 Å². The molecule has 0 heterocycles. The van der Waals surface area contributed by atoms with Crippen molar-refractivity contribution < 1.29 is 63.1 Å². The molecule has 9 heteroatoms. The second-order valence-electron chi connectivity index (χ2n) is 7.58. The largest absolute Gasteiger partial charge is 1.00 e. The molecule has 0 aromatic heterocycles. The Bertz CT molecular complexity index is 1140. The summed E-state index contributed by atoms with van der Waals surface area (Å²) in [7, 11) is -4.60. The number of carbonyl (C=O) groups is 1. The van der Waals surface area contributed by atoms with Crippen LogP contribution in [0.15, 0.2) is 60.7 Å². The van der Waals surface area contributed by atoms with E-state index in [1.54, 1.807) is 24.3 Å². The third kappa shape index (κ3) is 8.22. The van der Waals surface area contributed by atoms with Gasteiger partial charge in [-0.15, -0.1) is 0 Å². The third-order valence-corrected chi connectivity index (χ3v) is 5.57. The van der Waals surface area contributed by atoms with Gasteiger partial charge in [-0.05, 0) is 79.8 Å². The summed E-state index contributed by atoms with van der Waals surface area (Å²) in [6.07, 6.45) is 1.34. The van der Waals surface area contributed by atoms with Crippen molar-refractivity contribution in [1.82, 2.24) is 0 Å². The Hall–Kier alpha value is -2.28. The Morgan fingerprint density at radius 2 is 1.52 bits per heavy atom. The van der Waals surface area contributed by atoms with E-state index in [0.29, 0.717) is 12.8 Å². The maximum atomic E-state index is 12.2. The number of rotatable bonds is 9. The Kier molecular flexibility index (Phi) is 9.58. The predicted molar refractivity (Wildman–Crippen MR) is 118 cm³/mol. The van der Waals surface area contributed by atoms with Gasteiger partial charge in [-0.25, -0.2) is 4.57 Å². The first-order valence-electron chi connectivity index (χ1n) is 10.0. The Balaban J connectivity index is 0.00000385. The molecule has 0 aliphatic heterocycles. The average molecular weight is 478 g/mol. The quantitative estimate of drug-likeness (QED) is 0.274. The molecule has 0 aliphatic carbocycles. The van der Waals surface area contributed by atoms with Crippen molar-refractivity contribution in [2.75, 3.05) is 0 Å². The van der Waals surface area contributed by atoms with Gasteiger partial charge in [-0.2, -0.15) is 0 Å². The van der Waals surface area contributed by atoms with Gasteiger partial charge in [0.2, 0.25) is 0 Å². The molecule has 0 amide bonds. The van der Waals surface area contributed by atoms with Gasteiger partial charge in [-0.1, -0.05) is 18.2 Å². The fourth-order valence-electron chi connectivity index (χ4n) is 3.32. The van der Waals surface area contributed by atoms with Crippen LogP contribution in [-0.4, -0.2) is 16.0 Å². The standard InChI is InChI=1S/C24H25O7P.Na/c1-16-12-17(2)14-21(13-16)31-32(28,29)30-20-9-6-18(7-10-20)4-3-5-23(26)22-11-8-19(25)15-24(22)27;/h6-15,25,27H,3-5H2,1-2H3,(H,28,29);/q;+1/p-1. The van der Waals surface area contributed by atoms with E-state index < -0.39 is 7.82 Å². The molecule has 3 aromatic carbocycles. The molecule has 0 saturated heterocycles. The minimum atomic E-state index is -4.60. The fourth-order valence-corrected chi connectivity index (χ4v) is 4.10. The molecule has 33 heavy (non-hydrogen) atoms. The summed E-state index contributed by atoms with van der Waals surface area (Å²) in [6, 6.07) is 15.5. The molecule has 3 aromatic rings. The number of aromatic hydroxyl groups is 2. The molecule has 0 spiro atoms. The topological polar surface area (TPSA) is 116 Å². The summed E-state index contributed by atoms with van der Waals surface area (Å²) in [5.74, 6) is -0.258. The van der Waals surface area contributed by atoms with Crippen molar-refractivity contribution in [2.24, 2.45) is 0 Å². The zero-order chi connectivity index (χ0) is 23.3. The summed E-state index contributed by atoms with van der Waals surface area (Å²) in [6.45, 7) is 3.69. The smallest absolute Gasteiger partial charge is 0.736 e. The van der Waals surface area contributed by atoms with Crippen molar-refractivity contribution >= 4 is 13.6 Å². The van der Waals surface area contributed by atoms with Crippen LogP contribution in [0.4, 0.5) is 0 Å². The van der Waals surface area contributed by atoms with Crippen molar-refractivity contribution in [3.05, 3.63) is 82.9 Å². The fraction of sp³-hybridized carbons (Fsp3) is 0.208. The first kappa shape index (κ1) is 27.0. The van der Waals surface area contributed by atoms with Crippen molar-refractivity contribution in [3.63, 3.8) is 0 Å². The maximum Gasteiger partial charge on any atom is 1.00 e. The summed E-state index contributed by atoms with van der Waals surface area (Å²) >= 11 is 0. The van der Waals surface area contributed by atoms with Gasteiger partial charge in [0.05, 0.1) is 5.56 Å². The molecule has 168 valence electrons. The van der Waals surface area contributed by atoms with Gasteiger partial charge < -0.3 is 24.2 Å². The van der Waals surface area contributed by atoms with Crippen LogP contribution >= 0.6 is 7.82 Å². The number of phosphoric acid groups is 1. The molecular formula is C24H24NaO7P. The molecular weight excluding hydrogens is 454 g/mol. The minimum Gasteiger partial charge on any atom is -0.736 e. The van der Waals surface area contributed by atoms with E-state index in [0.717, 1.165) is 22.8 Å². The van der Waals surface area contributed by atoms with Gasteiger partial charge >= 0.3 is 37.4 Å². The van der Waals surface area contributed by atoms with Crippen LogP contribution < -0.4 is 43.5 Å². The molecule has 7 nitrogen and oxygen atoms in total. The molecule has 0 saturated carbocycles. The van der Waals surface area contributed by atoms with Gasteiger partial charge in [0.1, 0.15) is 23.0 Å². The minimum absolute atomic E-state index is 0. The van der Waals surface area contributed by atoms with Crippen LogP contribution in [0.5, 0.6) is 23.0 Å². The molecule has 0 radical (unpaired) electrons. The van der Waals surface area contributed by atoms with Crippen molar-refractivity contribution in [2.45, 2.75) is 33.1 Å². The Morgan fingerprint density at radius 3 is 2.12 bits per heavy atom. The number of hydrogen-bond donors (Lipinski definition) is 2. The number of phosphoric ester groups is 1. The summed E-state index contributed by atoms with van der Waals surface area (Å²) in [5, 5.41) is 19.1. The number of carbonyl (C=O) groups excluding carboxylic acids is 1. The van der Waals surface area contributed by atoms with Crippen LogP contribution in [0.3, 0.4) is 0 Å². The summed E-state index contributed by atoms with van der Waals surface area (Å²) in [4.78, 5) is 24.4. The first-order valence-corrected chi connectivity index (χ1v) is 11.5. The summed E-state index contributed by atoms with van der Waals surface area (Å²) in [5.41, 5.74) is 2.82. The number of hydrogen-bond acceptors (Lipinski definition) is 7. The van der Waals surface area contributed by atoms with Crippen molar-refractivity contribution in [1.29, 1.82) is 0 Å². The Labute approximate surface area is 214 Å². The second-order valence-corrected chi connectivity index (χ2v) is 8.83. The maximum absolute atomic E-state index is 12.2. The monoisotopic (exact) mass is 478 g/mol. The number of aryl methyl sites for hydroxylation is 3. The third-order valence-electron chi connectivity index (χ3n) is 4.70. The van der Waals surface area contributed by atoms with Crippen LogP contribution in [0.25, 0.3) is 0 Å². The van der Waals surface area contributed by atoms with E-state index in [1.807, 2.05) is 19.9 Å². The SMILES string of the molecule is Cc1cc(C)cc(OP(=O)([O-])Oc2ccc(CCCC(=O)c3ccc(O)cc3O)cc2)c1.[Na+]. The van der Waals surface area contributed by atoms with Gasteiger partial charge in [0.25, 0.3) is 0 Å². The molecule has 0 bridgehead atoms. The number of phenolic OH excluding ortho intramolecular Hbond substituents is 2. The van der Waals surface area contributed by atoms with Crippen LogP contribution in [0, 0.1) is 13.8 Å². The number of benzene rings is 3. The number of phenols is 2. The van der Waals surface area contributed by atoms with E-state index in [1.165, 1.54) is 24.3 Å². The van der Waals surface area contributed by atoms with Gasteiger partial charge in [0, 0.05) is 12.5 Å². The van der Waals surface area contributed by atoms with Crippen LogP contribution in [0.1, 0.15) is 39.9 Å². The zero-order valence-electron chi connectivity index (χ0n) is 18.8. The van der Waals surface area contributed by atoms with Crippen molar-refractivity contribution in [3.8, 4) is 23.0 Å². The van der Waals surface area contributed by atoms with E-state index in [-0.39, 0.29) is 70.3 Å². The van der Waals surface area contributed by atoms with Gasteiger partial charge in [0.15, 0.2) is 5.78 Å². The first-order chi connectivity index (χ1) is 15.1. The van der Waals surface area contributed by atoms with E-state index >= 15 is 0 Å². The predicted octanol–water partition coefficient (Wildman–Crippen LogP) is 1.85. The van der Waals surface area contributed by atoms with E-state index in [4.69, 9.17) is 9.05 Å². The number of ketones is 1. The zero-order valence-corrected chi connectivity index (χ0v) is 21.7. The van der Waals surface area contributed by atoms with Crippen LogP contribution in [-0.2, 0) is 11.0 Å². The normalized spacial score (nSPS) is 12.3. The van der Waals surface area contributed by atoms with Crippen LogP contribution in [0.2, 0.25) is 0 Å². The second kappa shape index (κ2) is 11.7. The van der Waals surface area contributed by atoms with Gasteiger partial charge in [-0.3, -0.25) is 4.79 Å². The molecule has 2 N–H and O–H groups in total.